The largest absolute Gasteiger partial charge is 0.482 e. The molecule has 1 heterocycles. The highest BCUT2D eigenvalue weighted by atomic mass is 35.5. The second kappa shape index (κ2) is 9.40. The first-order chi connectivity index (χ1) is 15.5. The highest BCUT2D eigenvalue weighted by Crippen LogP contribution is 2.34. The molecule has 4 rings (SSSR count). The van der Waals surface area contributed by atoms with E-state index in [4.69, 9.17) is 16.3 Å². The van der Waals surface area contributed by atoms with Crippen LogP contribution in [0.25, 0.3) is 0 Å². The maximum Gasteiger partial charge on any atom is 0.323 e. The Morgan fingerprint density at radius 3 is 2.34 bits per heavy atom. The fourth-order valence-electron chi connectivity index (χ4n) is 3.18. The Balaban J connectivity index is 1.39. The number of carbonyl (C=O) groups is 3. The van der Waals surface area contributed by atoms with Crippen molar-refractivity contribution in [2.45, 2.75) is 0 Å². The number of rotatable bonds is 5. The van der Waals surface area contributed by atoms with Gasteiger partial charge in [-0.1, -0.05) is 35.9 Å². The van der Waals surface area contributed by atoms with E-state index in [1.165, 1.54) is 4.90 Å². The van der Waals surface area contributed by atoms with Gasteiger partial charge < -0.3 is 20.7 Å². The van der Waals surface area contributed by atoms with Gasteiger partial charge in [-0.25, -0.2) is 4.79 Å². The van der Waals surface area contributed by atoms with Gasteiger partial charge in [-0.15, -0.1) is 0 Å². The number of anilines is 4. The predicted octanol–water partition coefficient (Wildman–Crippen LogP) is 4.35. The van der Waals surface area contributed by atoms with Crippen LogP contribution >= 0.6 is 11.6 Å². The number of hydrogen-bond donors (Lipinski definition) is 3. The van der Waals surface area contributed by atoms with Crippen LogP contribution in [0, 0.1) is 0 Å². The highest BCUT2D eigenvalue weighted by molar-refractivity contribution is 6.31. The smallest absolute Gasteiger partial charge is 0.323 e. The SMILES string of the molecule is O=C(CN1C(=O)COc2ccc(Cl)cc21)Nc1cccc(NC(=O)Nc2ccccc2)c1. The van der Waals surface area contributed by atoms with Crippen LogP contribution in [0.3, 0.4) is 0 Å². The lowest BCUT2D eigenvalue weighted by Crippen LogP contribution is -2.43. The summed E-state index contributed by atoms with van der Waals surface area (Å²) < 4.78 is 5.39. The van der Waals surface area contributed by atoms with E-state index in [2.05, 4.69) is 16.0 Å². The molecule has 1 aliphatic heterocycles. The summed E-state index contributed by atoms with van der Waals surface area (Å²) in [6.45, 7) is -0.362. The third-order valence-corrected chi connectivity index (χ3v) is 4.84. The van der Waals surface area contributed by atoms with E-state index >= 15 is 0 Å². The van der Waals surface area contributed by atoms with Crippen molar-refractivity contribution in [2.24, 2.45) is 0 Å². The average Bonchev–Trinajstić information content (AvgIpc) is 2.76. The number of hydrogen-bond acceptors (Lipinski definition) is 4. The van der Waals surface area contributed by atoms with Crippen molar-refractivity contribution >= 4 is 52.2 Å². The second-order valence-electron chi connectivity index (χ2n) is 6.95. The van der Waals surface area contributed by atoms with Crippen LogP contribution in [0.2, 0.25) is 5.02 Å². The minimum absolute atomic E-state index is 0.155. The first kappa shape index (κ1) is 21.2. The number of nitrogens with zero attached hydrogens (tertiary/aromatic N) is 1. The molecule has 0 unspecified atom stereocenters. The molecule has 0 bridgehead atoms. The summed E-state index contributed by atoms with van der Waals surface area (Å²) in [5.74, 6) is -0.266. The van der Waals surface area contributed by atoms with Gasteiger partial charge in [0.2, 0.25) is 5.91 Å². The maximum atomic E-state index is 12.6. The van der Waals surface area contributed by atoms with Crippen LogP contribution in [0.4, 0.5) is 27.5 Å². The first-order valence-corrected chi connectivity index (χ1v) is 10.1. The summed E-state index contributed by atoms with van der Waals surface area (Å²) in [5.41, 5.74) is 2.07. The van der Waals surface area contributed by atoms with Crippen LogP contribution in [-0.4, -0.2) is 31.0 Å². The van der Waals surface area contributed by atoms with E-state index in [9.17, 15) is 14.4 Å². The van der Waals surface area contributed by atoms with Gasteiger partial charge in [0.25, 0.3) is 5.91 Å². The first-order valence-electron chi connectivity index (χ1n) is 9.73. The summed E-state index contributed by atoms with van der Waals surface area (Å²) in [7, 11) is 0. The van der Waals surface area contributed by atoms with Crippen molar-refractivity contribution in [2.75, 3.05) is 34.0 Å². The van der Waals surface area contributed by atoms with Crippen molar-refractivity contribution in [3.63, 3.8) is 0 Å². The van der Waals surface area contributed by atoms with E-state index < -0.39 is 11.9 Å². The molecule has 0 aromatic heterocycles. The van der Waals surface area contributed by atoms with Crippen LogP contribution in [0.1, 0.15) is 0 Å². The van der Waals surface area contributed by atoms with Crippen LogP contribution in [0.5, 0.6) is 5.75 Å². The van der Waals surface area contributed by atoms with Crippen molar-refractivity contribution < 1.29 is 19.1 Å². The predicted molar refractivity (Wildman–Crippen MR) is 123 cm³/mol. The Hall–Kier alpha value is -4.04. The van der Waals surface area contributed by atoms with Crippen molar-refractivity contribution in [3.8, 4) is 5.75 Å². The van der Waals surface area contributed by atoms with E-state index in [0.29, 0.717) is 33.5 Å². The molecule has 0 aliphatic carbocycles. The molecule has 3 aromatic rings. The Labute approximate surface area is 189 Å². The topological polar surface area (TPSA) is 99.8 Å². The quantitative estimate of drug-likeness (QED) is 0.538. The maximum absolute atomic E-state index is 12.6. The molecule has 4 amide bonds. The lowest BCUT2D eigenvalue weighted by Gasteiger charge is -2.29. The van der Waals surface area contributed by atoms with Crippen molar-refractivity contribution in [1.82, 2.24) is 0 Å². The third kappa shape index (κ3) is 5.16. The van der Waals surface area contributed by atoms with Gasteiger partial charge >= 0.3 is 6.03 Å². The number of ether oxygens (including phenoxy) is 1. The Kier molecular flexibility index (Phi) is 6.23. The zero-order valence-electron chi connectivity index (χ0n) is 16.8. The monoisotopic (exact) mass is 450 g/mol. The summed E-state index contributed by atoms with van der Waals surface area (Å²) in [6.07, 6.45) is 0. The van der Waals surface area contributed by atoms with Gasteiger partial charge in [-0.2, -0.15) is 0 Å². The highest BCUT2D eigenvalue weighted by Gasteiger charge is 2.27. The van der Waals surface area contributed by atoms with E-state index in [-0.39, 0.29) is 19.1 Å². The van der Waals surface area contributed by atoms with Crippen LogP contribution in [0.15, 0.2) is 72.8 Å². The Bertz CT molecular complexity index is 1170. The number of nitrogens with one attached hydrogen (secondary N) is 3. The molecule has 9 heteroatoms. The number of fused-ring (bicyclic) bond motifs is 1. The Morgan fingerprint density at radius 2 is 1.56 bits per heavy atom. The van der Waals surface area contributed by atoms with Crippen molar-refractivity contribution in [1.29, 1.82) is 0 Å². The number of benzene rings is 3. The van der Waals surface area contributed by atoms with E-state index in [0.717, 1.165) is 0 Å². The van der Waals surface area contributed by atoms with Gasteiger partial charge in [0.1, 0.15) is 12.3 Å². The number of halogens is 1. The van der Waals surface area contributed by atoms with Crippen molar-refractivity contribution in [3.05, 3.63) is 77.8 Å². The molecule has 3 aromatic carbocycles. The molecule has 0 atom stereocenters. The molecule has 162 valence electrons. The lowest BCUT2D eigenvalue weighted by atomic mass is 10.2. The van der Waals surface area contributed by atoms with Gasteiger partial charge in [0.05, 0.1) is 5.69 Å². The molecule has 3 N–H and O–H groups in total. The van der Waals surface area contributed by atoms with Gasteiger partial charge in [0.15, 0.2) is 6.61 Å². The second-order valence-corrected chi connectivity index (χ2v) is 7.39. The Morgan fingerprint density at radius 1 is 0.875 bits per heavy atom. The lowest BCUT2D eigenvalue weighted by molar-refractivity contribution is -0.123. The molecule has 0 saturated heterocycles. The van der Waals surface area contributed by atoms with E-state index in [1.54, 1.807) is 54.6 Å². The number of para-hydroxylation sites is 1. The molecular weight excluding hydrogens is 432 g/mol. The number of urea groups is 1. The molecular formula is C23H19ClN4O4. The normalized spacial score (nSPS) is 12.4. The van der Waals surface area contributed by atoms with Crippen LogP contribution < -0.4 is 25.6 Å². The van der Waals surface area contributed by atoms with Gasteiger partial charge in [0, 0.05) is 22.1 Å². The summed E-state index contributed by atoms with van der Waals surface area (Å²) in [5, 5.41) is 8.60. The van der Waals surface area contributed by atoms with E-state index in [1.807, 2.05) is 18.2 Å². The zero-order chi connectivity index (χ0) is 22.5. The fraction of sp³-hybridized carbons (Fsp3) is 0.0870. The number of amides is 4. The molecule has 0 saturated carbocycles. The summed E-state index contributed by atoms with van der Waals surface area (Å²) >= 11 is 6.03. The molecule has 8 nitrogen and oxygen atoms in total. The molecule has 0 radical (unpaired) electrons. The van der Waals surface area contributed by atoms with Crippen LogP contribution in [-0.2, 0) is 9.59 Å². The third-order valence-electron chi connectivity index (χ3n) is 4.60. The zero-order valence-corrected chi connectivity index (χ0v) is 17.6. The molecule has 0 fully saturated rings. The number of carbonyl (C=O) groups excluding carboxylic acids is 3. The summed E-state index contributed by atoms with van der Waals surface area (Å²) in [4.78, 5) is 38.4. The van der Waals surface area contributed by atoms with Gasteiger partial charge in [-0.05, 0) is 48.5 Å². The minimum Gasteiger partial charge on any atom is -0.482 e. The minimum atomic E-state index is -0.410. The molecule has 1 aliphatic rings. The summed E-state index contributed by atoms with van der Waals surface area (Å²) in [6, 6.07) is 20.2. The standard InChI is InChI=1S/C23H19ClN4O4/c24-15-9-10-20-19(11-15)28(22(30)14-32-20)13-21(29)25-17-7-4-8-18(12-17)27-23(31)26-16-5-2-1-3-6-16/h1-12H,13-14H2,(H,25,29)(H2,26,27,31). The van der Waals surface area contributed by atoms with Gasteiger partial charge in [-0.3, -0.25) is 14.5 Å². The molecule has 0 spiro atoms. The molecule has 32 heavy (non-hydrogen) atoms. The average molecular weight is 451 g/mol. The fourth-order valence-corrected chi connectivity index (χ4v) is 3.35.